The normalized spacial score (nSPS) is 11.3. The van der Waals surface area contributed by atoms with Gasteiger partial charge in [-0.15, -0.1) is 0 Å². The highest BCUT2D eigenvalue weighted by atomic mass is 35.5. The van der Waals surface area contributed by atoms with Crippen LogP contribution in [0.2, 0.25) is 5.02 Å². The van der Waals surface area contributed by atoms with Gasteiger partial charge in [0.1, 0.15) is 17.1 Å². The number of aromatic hydroxyl groups is 2. The van der Waals surface area contributed by atoms with Crippen LogP contribution in [0.4, 0.5) is 0 Å². The fourth-order valence-corrected chi connectivity index (χ4v) is 2.49. The summed E-state index contributed by atoms with van der Waals surface area (Å²) in [6.07, 6.45) is 0. The first-order valence-electron chi connectivity index (χ1n) is 7.17. The zero-order valence-electron chi connectivity index (χ0n) is 13.4. The number of benzene rings is 2. The van der Waals surface area contributed by atoms with E-state index >= 15 is 0 Å². The Kier molecular flexibility index (Phi) is 4.58. The van der Waals surface area contributed by atoms with Gasteiger partial charge in [0, 0.05) is 16.1 Å². The molecule has 0 atom stereocenters. The summed E-state index contributed by atoms with van der Waals surface area (Å²) in [4.78, 5) is 24.1. The molecule has 0 fully saturated rings. The van der Waals surface area contributed by atoms with E-state index in [0.29, 0.717) is 5.02 Å². The second kappa shape index (κ2) is 6.17. The lowest BCUT2D eigenvalue weighted by atomic mass is 9.82. The zero-order chi connectivity index (χ0) is 18.2. The first-order valence-corrected chi connectivity index (χ1v) is 7.54. The maximum Gasteiger partial charge on any atom is 0.343 e. The lowest BCUT2D eigenvalue weighted by molar-refractivity contribution is 0.0690. The van der Waals surface area contributed by atoms with Crippen molar-refractivity contribution in [1.82, 2.24) is 0 Å². The van der Waals surface area contributed by atoms with E-state index in [9.17, 15) is 24.9 Å². The van der Waals surface area contributed by atoms with E-state index in [-0.39, 0.29) is 16.7 Å². The van der Waals surface area contributed by atoms with Gasteiger partial charge in [-0.1, -0.05) is 32.4 Å². The fourth-order valence-electron chi connectivity index (χ4n) is 2.37. The summed E-state index contributed by atoms with van der Waals surface area (Å²) >= 11 is 5.79. The van der Waals surface area contributed by atoms with Gasteiger partial charge in [-0.2, -0.15) is 0 Å². The van der Waals surface area contributed by atoms with E-state index in [1.807, 2.05) is 0 Å². The number of phenols is 2. The van der Waals surface area contributed by atoms with E-state index in [4.69, 9.17) is 11.6 Å². The Labute approximate surface area is 144 Å². The predicted molar refractivity (Wildman–Crippen MR) is 90.3 cm³/mol. The molecule has 0 amide bonds. The molecule has 0 aliphatic carbocycles. The van der Waals surface area contributed by atoms with E-state index < -0.39 is 34.2 Å². The molecule has 6 heteroatoms. The molecule has 0 saturated carbocycles. The summed E-state index contributed by atoms with van der Waals surface area (Å²) in [5.41, 5.74) is -0.986. The minimum Gasteiger partial charge on any atom is -0.507 e. The third kappa shape index (κ3) is 3.21. The third-order valence-electron chi connectivity index (χ3n) is 3.65. The van der Waals surface area contributed by atoms with Gasteiger partial charge in [0.05, 0.1) is 5.56 Å². The van der Waals surface area contributed by atoms with Gasteiger partial charge < -0.3 is 15.3 Å². The topological polar surface area (TPSA) is 94.8 Å². The van der Waals surface area contributed by atoms with Crippen LogP contribution in [0.15, 0.2) is 30.3 Å². The van der Waals surface area contributed by atoms with Gasteiger partial charge in [0.15, 0.2) is 5.78 Å². The Morgan fingerprint density at radius 3 is 2.00 bits per heavy atom. The smallest absolute Gasteiger partial charge is 0.343 e. The van der Waals surface area contributed by atoms with E-state index in [0.717, 1.165) is 0 Å². The number of carboxylic acids is 1. The molecule has 5 nitrogen and oxygen atoms in total. The summed E-state index contributed by atoms with van der Waals surface area (Å²) in [6.45, 7) is 5.30. The molecule has 0 aliphatic rings. The van der Waals surface area contributed by atoms with Crippen molar-refractivity contribution in [3.63, 3.8) is 0 Å². The minimum atomic E-state index is -1.51. The summed E-state index contributed by atoms with van der Waals surface area (Å²) in [5, 5.41) is 30.2. The standard InChI is InChI=1S/C18H17ClO5/c1-18(2,3)12-8-11(15(21)13(16(12)22)17(23)24)14(20)9-4-6-10(19)7-5-9/h4-8,21-22H,1-3H3,(H,23,24). The zero-order valence-corrected chi connectivity index (χ0v) is 14.2. The summed E-state index contributed by atoms with van der Waals surface area (Å²) < 4.78 is 0. The highest BCUT2D eigenvalue weighted by Crippen LogP contribution is 2.40. The predicted octanol–water partition coefficient (Wildman–Crippen LogP) is 3.98. The maximum absolute atomic E-state index is 12.7. The molecule has 0 saturated heterocycles. The van der Waals surface area contributed by atoms with Crippen molar-refractivity contribution >= 4 is 23.4 Å². The Balaban J connectivity index is 2.74. The Bertz CT molecular complexity index is 817. The van der Waals surface area contributed by atoms with Crippen LogP contribution in [0.5, 0.6) is 11.5 Å². The molecule has 0 spiro atoms. The average Bonchev–Trinajstić information content (AvgIpc) is 2.45. The van der Waals surface area contributed by atoms with Crippen molar-refractivity contribution in [2.24, 2.45) is 0 Å². The van der Waals surface area contributed by atoms with Crippen LogP contribution in [0.1, 0.15) is 52.6 Å². The number of aromatic carboxylic acids is 1. The summed E-state index contributed by atoms with van der Waals surface area (Å²) in [7, 11) is 0. The fraction of sp³-hybridized carbons (Fsp3) is 0.222. The van der Waals surface area contributed by atoms with Gasteiger partial charge >= 0.3 is 5.97 Å². The first kappa shape index (κ1) is 17.8. The van der Waals surface area contributed by atoms with Crippen molar-refractivity contribution in [2.75, 3.05) is 0 Å². The summed E-state index contributed by atoms with van der Waals surface area (Å²) in [5.74, 6) is -3.37. The molecule has 2 rings (SSSR count). The second-order valence-electron chi connectivity index (χ2n) is 6.44. The number of carboxylic acid groups (broad SMARTS) is 1. The molecule has 0 heterocycles. The lowest BCUT2D eigenvalue weighted by Crippen LogP contribution is -2.16. The van der Waals surface area contributed by atoms with Crippen molar-refractivity contribution in [2.45, 2.75) is 26.2 Å². The number of rotatable bonds is 3. The largest absolute Gasteiger partial charge is 0.507 e. The van der Waals surface area contributed by atoms with Crippen LogP contribution in [-0.2, 0) is 5.41 Å². The molecular formula is C18H17ClO5. The van der Waals surface area contributed by atoms with Gasteiger partial charge in [0.25, 0.3) is 0 Å². The third-order valence-corrected chi connectivity index (χ3v) is 3.90. The van der Waals surface area contributed by atoms with Crippen LogP contribution in [0.3, 0.4) is 0 Å². The Hall–Kier alpha value is -2.53. The molecule has 0 radical (unpaired) electrons. The second-order valence-corrected chi connectivity index (χ2v) is 6.87. The number of hydrogen-bond acceptors (Lipinski definition) is 4. The average molecular weight is 349 g/mol. The molecule has 0 bridgehead atoms. The van der Waals surface area contributed by atoms with Crippen LogP contribution < -0.4 is 0 Å². The SMILES string of the molecule is CC(C)(C)c1cc(C(=O)c2ccc(Cl)cc2)c(O)c(C(=O)O)c1O. The van der Waals surface area contributed by atoms with Crippen LogP contribution >= 0.6 is 11.6 Å². The van der Waals surface area contributed by atoms with Crippen LogP contribution in [0, 0.1) is 0 Å². The summed E-state index contributed by atoms with van der Waals surface area (Å²) in [6, 6.07) is 7.33. The number of hydrogen-bond donors (Lipinski definition) is 3. The molecule has 0 aromatic heterocycles. The number of carbonyl (C=O) groups is 2. The maximum atomic E-state index is 12.7. The van der Waals surface area contributed by atoms with Crippen molar-refractivity contribution in [1.29, 1.82) is 0 Å². The molecule has 2 aromatic carbocycles. The first-order chi connectivity index (χ1) is 11.0. The molecule has 3 N–H and O–H groups in total. The molecule has 24 heavy (non-hydrogen) atoms. The van der Waals surface area contributed by atoms with Gasteiger partial charge in [0.2, 0.25) is 0 Å². The molecule has 126 valence electrons. The molecule has 0 unspecified atom stereocenters. The van der Waals surface area contributed by atoms with Crippen molar-refractivity contribution in [3.8, 4) is 11.5 Å². The van der Waals surface area contributed by atoms with E-state index in [1.54, 1.807) is 20.8 Å². The van der Waals surface area contributed by atoms with Crippen molar-refractivity contribution in [3.05, 3.63) is 57.6 Å². The van der Waals surface area contributed by atoms with Gasteiger partial charge in [-0.3, -0.25) is 4.79 Å². The van der Waals surface area contributed by atoms with E-state index in [2.05, 4.69) is 0 Å². The lowest BCUT2D eigenvalue weighted by Gasteiger charge is -2.23. The Morgan fingerprint density at radius 1 is 1.00 bits per heavy atom. The monoisotopic (exact) mass is 348 g/mol. The van der Waals surface area contributed by atoms with E-state index in [1.165, 1.54) is 30.3 Å². The van der Waals surface area contributed by atoms with Crippen LogP contribution in [-0.4, -0.2) is 27.1 Å². The van der Waals surface area contributed by atoms with Crippen molar-refractivity contribution < 1.29 is 24.9 Å². The minimum absolute atomic E-state index is 0.183. The quantitative estimate of drug-likeness (QED) is 0.729. The highest BCUT2D eigenvalue weighted by Gasteiger charge is 2.30. The molecule has 0 aliphatic heterocycles. The molecule has 2 aromatic rings. The van der Waals surface area contributed by atoms with Gasteiger partial charge in [-0.05, 0) is 35.7 Å². The van der Waals surface area contributed by atoms with Crippen LogP contribution in [0.25, 0.3) is 0 Å². The number of halogens is 1. The molecular weight excluding hydrogens is 332 g/mol. The number of ketones is 1. The number of carbonyl (C=O) groups excluding carboxylic acids is 1. The Morgan fingerprint density at radius 2 is 1.54 bits per heavy atom. The van der Waals surface area contributed by atoms with Gasteiger partial charge in [-0.25, -0.2) is 4.79 Å². The highest BCUT2D eigenvalue weighted by molar-refractivity contribution is 6.30.